The normalized spacial score (nSPS) is 22.2. The molecular weight excluding hydrogens is 254 g/mol. The molecule has 0 fully saturated rings. The van der Waals surface area contributed by atoms with Crippen molar-refractivity contribution in [3.05, 3.63) is 41.8 Å². The minimum Gasteiger partial charge on any atom is -0.481 e. The van der Waals surface area contributed by atoms with Crippen LogP contribution in [0.3, 0.4) is 0 Å². The van der Waals surface area contributed by atoms with Gasteiger partial charge in [0.2, 0.25) is 0 Å². The number of allylic oxidation sites excluding steroid dienone is 2. The number of carboxylic acids is 1. The number of aryl methyl sites for hydroxylation is 1. The lowest BCUT2D eigenvalue weighted by atomic mass is 9.83. The molecule has 4 heteroatoms. The molecule has 2 atom stereocenters. The number of aromatic nitrogens is 1. The lowest BCUT2D eigenvalue weighted by Crippen LogP contribution is -2.23. The summed E-state index contributed by atoms with van der Waals surface area (Å²) in [5.41, 5.74) is 2.75. The summed E-state index contributed by atoms with van der Waals surface area (Å²) in [6.07, 6.45) is 6.09. The second-order valence-electron chi connectivity index (χ2n) is 5.20. The van der Waals surface area contributed by atoms with Crippen LogP contribution >= 0.6 is 0 Å². The Morgan fingerprint density at radius 2 is 2.20 bits per heavy atom. The summed E-state index contributed by atoms with van der Waals surface area (Å²) >= 11 is 0. The van der Waals surface area contributed by atoms with E-state index >= 15 is 0 Å². The fourth-order valence-electron chi connectivity index (χ4n) is 2.73. The second kappa shape index (κ2) is 5.12. The fraction of sp³-hybridized carbons (Fsp3) is 0.375. The lowest BCUT2D eigenvalue weighted by Gasteiger charge is -2.21. The SMILES string of the molecule is CCc1ccc2oc([C@@H]3CC=CC[C@@H]3C(=O)O)nc2c1. The van der Waals surface area contributed by atoms with Crippen molar-refractivity contribution in [3.63, 3.8) is 0 Å². The van der Waals surface area contributed by atoms with E-state index in [1.165, 1.54) is 5.56 Å². The van der Waals surface area contributed by atoms with Crippen LogP contribution in [0.15, 0.2) is 34.8 Å². The number of hydrogen-bond donors (Lipinski definition) is 1. The number of nitrogens with zero attached hydrogens (tertiary/aromatic N) is 1. The largest absolute Gasteiger partial charge is 0.481 e. The number of carboxylic acid groups (broad SMARTS) is 1. The Morgan fingerprint density at radius 3 is 2.95 bits per heavy atom. The number of rotatable bonds is 3. The Balaban J connectivity index is 2.00. The Hall–Kier alpha value is -2.10. The van der Waals surface area contributed by atoms with Crippen LogP contribution in [0.5, 0.6) is 0 Å². The molecule has 2 aromatic rings. The fourth-order valence-corrected chi connectivity index (χ4v) is 2.73. The van der Waals surface area contributed by atoms with Crippen molar-refractivity contribution in [3.8, 4) is 0 Å². The van der Waals surface area contributed by atoms with Crippen molar-refractivity contribution in [2.24, 2.45) is 5.92 Å². The summed E-state index contributed by atoms with van der Waals surface area (Å²) in [6, 6.07) is 5.95. The van der Waals surface area contributed by atoms with Gasteiger partial charge in [0.25, 0.3) is 0 Å². The van der Waals surface area contributed by atoms with Crippen molar-refractivity contribution in [2.45, 2.75) is 32.1 Å². The molecule has 1 aliphatic rings. The monoisotopic (exact) mass is 271 g/mol. The van der Waals surface area contributed by atoms with E-state index in [2.05, 4.69) is 11.9 Å². The first-order valence-corrected chi connectivity index (χ1v) is 6.96. The summed E-state index contributed by atoms with van der Waals surface area (Å²) < 4.78 is 5.78. The molecule has 4 nitrogen and oxygen atoms in total. The van der Waals surface area contributed by atoms with E-state index < -0.39 is 11.9 Å². The highest BCUT2D eigenvalue weighted by Crippen LogP contribution is 2.35. The minimum absolute atomic E-state index is 0.171. The minimum atomic E-state index is -0.782. The van der Waals surface area contributed by atoms with Gasteiger partial charge < -0.3 is 9.52 Å². The van der Waals surface area contributed by atoms with Crippen LogP contribution in [0.1, 0.15) is 37.1 Å². The molecule has 0 saturated heterocycles. The Kier molecular flexibility index (Phi) is 3.30. The molecule has 1 aromatic heterocycles. The van der Waals surface area contributed by atoms with Crippen LogP contribution < -0.4 is 0 Å². The third-order valence-electron chi connectivity index (χ3n) is 3.94. The molecule has 0 spiro atoms. The van der Waals surface area contributed by atoms with Gasteiger partial charge in [0.1, 0.15) is 5.52 Å². The molecule has 0 aliphatic heterocycles. The van der Waals surface area contributed by atoms with Crippen molar-refractivity contribution in [1.29, 1.82) is 0 Å². The number of carbonyl (C=O) groups is 1. The molecular formula is C16H17NO3. The standard InChI is InChI=1S/C16H17NO3/c1-2-10-7-8-14-13(9-10)17-15(20-14)11-5-3-4-6-12(11)16(18)19/h3-4,7-9,11-12H,2,5-6H2,1H3,(H,18,19)/t11-,12+/m1/s1. The lowest BCUT2D eigenvalue weighted by molar-refractivity contribution is -0.142. The molecule has 0 amide bonds. The zero-order valence-corrected chi connectivity index (χ0v) is 11.4. The highest BCUT2D eigenvalue weighted by Gasteiger charge is 2.33. The van der Waals surface area contributed by atoms with E-state index in [9.17, 15) is 9.90 Å². The average Bonchev–Trinajstić information content (AvgIpc) is 2.89. The first-order chi connectivity index (χ1) is 9.69. The van der Waals surface area contributed by atoms with E-state index in [0.717, 1.165) is 17.5 Å². The third kappa shape index (κ3) is 2.22. The zero-order chi connectivity index (χ0) is 14.1. The predicted octanol–water partition coefficient (Wildman–Crippen LogP) is 3.52. The van der Waals surface area contributed by atoms with Crippen LogP contribution in [-0.2, 0) is 11.2 Å². The predicted molar refractivity (Wildman–Crippen MR) is 75.6 cm³/mol. The molecule has 1 heterocycles. The molecule has 0 radical (unpaired) electrons. The molecule has 0 saturated carbocycles. The second-order valence-corrected chi connectivity index (χ2v) is 5.20. The van der Waals surface area contributed by atoms with Gasteiger partial charge in [-0.15, -0.1) is 0 Å². The van der Waals surface area contributed by atoms with Gasteiger partial charge in [-0.2, -0.15) is 0 Å². The molecule has 104 valence electrons. The molecule has 20 heavy (non-hydrogen) atoms. The number of fused-ring (bicyclic) bond motifs is 1. The van der Waals surface area contributed by atoms with Gasteiger partial charge in [-0.3, -0.25) is 4.79 Å². The number of hydrogen-bond acceptors (Lipinski definition) is 3. The topological polar surface area (TPSA) is 63.3 Å². The van der Waals surface area contributed by atoms with E-state index in [1.54, 1.807) is 0 Å². The van der Waals surface area contributed by atoms with Crippen LogP contribution in [-0.4, -0.2) is 16.1 Å². The van der Waals surface area contributed by atoms with E-state index in [4.69, 9.17) is 4.42 Å². The highest BCUT2D eigenvalue weighted by molar-refractivity contribution is 5.75. The van der Waals surface area contributed by atoms with Gasteiger partial charge >= 0.3 is 5.97 Å². The first kappa shape index (κ1) is 12.9. The number of benzene rings is 1. The van der Waals surface area contributed by atoms with Crippen LogP contribution in [0.4, 0.5) is 0 Å². The Morgan fingerprint density at radius 1 is 1.40 bits per heavy atom. The van der Waals surface area contributed by atoms with Gasteiger partial charge in [-0.1, -0.05) is 25.1 Å². The van der Waals surface area contributed by atoms with Crippen LogP contribution in [0, 0.1) is 5.92 Å². The van der Waals surface area contributed by atoms with Crippen molar-refractivity contribution >= 4 is 17.1 Å². The zero-order valence-electron chi connectivity index (χ0n) is 11.4. The van der Waals surface area contributed by atoms with Gasteiger partial charge in [0.05, 0.1) is 11.8 Å². The maximum absolute atomic E-state index is 11.4. The third-order valence-corrected chi connectivity index (χ3v) is 3.94. The van der Waals surface area contributed by atoms with E-state index in [0.29, 0.717) is 18.7 Å². The van der Waals surface area contributed by atoms with Gasteiger partial charge in [-0.05, 0) is 37.0 Å². The summed E-state index contributed by atoms with van der Waals surface area (Å²) in [5.74, 6) is -0.852. The number of oxazole rings is 1. The quantitative estimate of drug-likeness (QED) is 0.867. The summed E-state index contributed by atoms with van der Waals surface area (Å²) in [5, 5.41) is 9.32. The molecule has 1 aromatic carbocycles. The van der Waals surface area contributed by atoms with Gasteiger partial charge in [0.15, 0.2) is 11.5 Å². The van der Waals surface area contributed by atoms with Crippen molar-refractivity contribution in [1.82, 2.24) is 4.98 Å². The smallest absolute Gasteiger partial charge is 0.307 e. The van der Waals surface area contributed by atoms with Crippen LogP contribution in [0.25, 0.3) is 11.1 Å². The summed E-state index contributed by atoms with van der Waals surface area (Å²) in [7, 11) is 0. The average molecular weight is 271 g/mol. The summed E-state index contributed by atoms with van der Waals surface area (Å²) in [6.45, 7) is 2.09. The first-order valence-electron chi connectivity index (χ1n) is 6.96. The van der Waals surface area contributed by atoms with Gasteiger partial charge in [-0.25, -0.2) is 4.98 Å². The Labute approximate surface area is 117 Å². The highest BCUT2D eigenvalue weighted by atomic mass is 16.4. The van der Waals surface area contributed by atoms with Crippen molar-refractivity contribution < 1.29 is 14.3 Å². The van der Waals surface area contributed by atoms with E-state index in [1.807, 2.05) is 30.4 Å². The summed E-state index contributed by atoms with van der Waals surface area (Å²) in [4.78, 5) is 15.9. The van der Waals surface area contributed by atoms with Crippen molar-refractivity contribution in [2.75, 3.05) is 0 Å². The molecule has 1 aliphatic carbocycles. The maximum Gasteiger partial charge on any atom is 0.307 e. The van der Waals surface area contributed by atoms with Crippen LogP contribution in [0.2, 0.25) is 0 Å². The van der Waals surface area contributed by atoms with Gasteiger partial charge in [0, 0.05) is 0 Å². The molecule has 3 rings (SSSR count). The Bertz CT molecular complexity index is 671. The molecule has 0 unspecified atom stereocenters. The van der Waals surface area contributed by atoms with E-state index in [-0.39, 0.29) is 5.92 Å². The molecule has 1 N–H and O–H groups in total. The number of aliphatic carboxylic acids is 1. The molecule has 0 bridgehead atoms. The maximum atomic E-state index is 11.4.